The zero-order valence-corrected chi connectivity index (χ0v) is 13.5. The summed E-state index contributed by atoms with van der Waals surface area (Å²) in [5.41, 5.74) is 5.62. The van der Waals surface area contributed by atoms with E-state index in [9.17, 15) is 0 Å². The second kappa shape index (κ2) is 4.00. The molecule has 1 aromatic heterocycles. The van der Waals surface area contributed by atoms with E-state index in [0.717, 1.165) is 15.8 Å². The molecular weight excluding hydrogens is 373 g/mol. The normalized spacial score (nSPS) is 26.0. The van der Waals surface area contributed by atoms with Gasteiger partial charge in [0.2, 0.25) is 0 Å². The van der Waals surface area contributed by atoms with Crippen LogP contribution < -0.4 is 5.32 Å². The number of nitrogens with zero attached hydrogens (tertiary/aromatic N) is 1. The molecule has 0 saturated heterocycles. The highest BCUT2D eigenvalue weighted by Crippen LogP contribution is 2.64. The van der Waals surface area contributed by atoms with Gasteiger partial charge in [-0.2, -0.15) is 5.10 Å². The average molecular weight is 387 g/mol. The Kier molecular flexibility index (Phi) is 2.29. The molecule has 2 N–H and O–H groups in total. The molecule has 2 aliphatic rings. The van der Waals surface area contributed by atoms with Gasteiger partial charge in [-0.15, -0.1) is 0 Å². The van der Waals surface area contributed by atoms with Crippen LogP contribution in [0.3, 0.4) is 0 Å². The lowest BCUT2D eigenvalue weighted by Crippen LogP contribution is -2.12. The minimum atomic E-state index is 0.313. The summed E-state index contributed by atoms with van der Waals surface area (Å²) in [6.07, 6.45) is 1.24. The molecule has 5 rings (SSSR count). The topological polar surface area (TPSA) is 40.7 Å². The minimum Gasteiger partial charge on any atom is -0.384 e. The molecular formula is C17H14IN3. The molecule has 4 heteroatoms. The first kappa shape index (κ1) is 12.0. The fourth-order valence-corrected chi connectivity index (χ4v) is 4.44. The SMILES string of the molecule is Ic1[nH]nc2cc([C@@H]3C[C@@]34CNc3ccccc34)ccc12. The van der Waals surface area contributed by atoms with Crippen molar-refractivity contribution >= 4 is 39.2 Å². The van der Waals surface area contributed by atoms with E-state index in [0.29, 0.717) is 11.3 Å². The summed E-state index contributed by atoms with van der Waals surface area (Å²) >= 11 is 2.30. The quantitative estimate of drug-likeness (QED) is 0.620. The van der Waals surface area contributed by atoms with E-state index in [1.165, 1.54) is 28.6 Å². The third-order valence-corrected chi connectivity index (χ3v) is 5.89. The largest absolute Gasteiger partial charge is 0.384 e. The predicted molar refractivity (Wildman–Crippen MR) is 92.8 cm³/mol. The summed E-state index contributed by atoms with van der Waals surface area (Å²) in [5, 5.41) is 12.3. The fraction of sp³-hybridized carbons (Fsp3) is 0.235. The van der Waals surface area contributed by atoms with Crippen LogP contribution in [0.4, 0.5) is 5.69 Å². The van der Waals surface area contributed by atoms with Crippen LogP contribution in [0.5, 0.6) is 0 Å². The number of hydrogen-bond donors (Lipinski definition) is 2. The lowest BCUT2D eigenvalue weighted by molar-refractivity contribution is 0.741. The monoisotopic (exact) mass is 387 g/mol. The van der Waals surface area contributed by atoms with Gasteiger partial charge in [-0.25, -0.2) is 0 Å². The Hall–Kier alpha value is -1.56. The summed E-state index contributed by atoms with van der Waals surface area (Å²) in [4.78, 5) is 0. The molecule has 2 atom stereocenters. The number of rotatable bonds is 1. The Morgan fingerprint density at radius 2 is 2.10 bits per heavy atom. The Balaban J connectivity index is 1.58. The van der Waals surface area contributed by atoms with Crippen molar-refractivity contribution in [2.24, 2.45) is 0 Å². The number of hydrogen-bond acceptors (Lipinski definition) is 2. The Morgan fingerprint density at radius 1 is 1.19 bits per heavy atom. The van der Waals surface area contributed by atoms with E-state index >= 15 is 0 Å². The summed E-state index contributed by atoms with van der Waals surface area (Å²) < 4.78 is 1.12. The molecule has 2 aromatic carbocycles. The highest BCUT2D eigenvalue weighted by atomic mass is 127. The molecule has 1 fully saturated rings. The van der Waals surface area contributed by atoms with Crippen LogP contribution in [-0.2, 0) is 5.41 Å². The van der Waals surface area contributed by atoms with E-state index in [1.54, 1.807) is 0 Å². The Labute approximate surface area is 136 Å². The van der Waals surface area contributed by atoms with Crippen LogP contribution in [-0.4, -0.2) is 16.7 Å². The van der Waals surface area contributed by atoms with Gasteiger partial charge in [-0.1, -0.05) is 24.3 Å². The highest BCUT2D eigenvalue weighted by Gasteiger charge is 2.58. The lowest BCUT2D eigenvalue weighted by atomic mass is 9.92. The average Bonchev–Trinajstić information content (AvgIpc) is 2.98. The van der Waals surface area contributed by atoms with Crippen LogP contribution in [0.2, 0.25) is 0 Å². The van der Waals surface area contributed by atoms with Gasteiger partial charge in [0.1, 0.15) is 3.70 Å². The molecule has 21 heavy (non-hydrogen) atoms. The number of aromatic amines is 1. The van der Waals surface area contributed by atoms with Crippen molar-refractivity contribution in [3.63, 3.8) is 0 Å². The minimum absolute atomic E-state index is 0.313. The second-order valence-corrected chi connectivity index (χ2v) is 7.20. The van der Waals surface area contributed by atoms with Gasteiger partial charge in [-0.3, -0.25) is 5.10 Å². The first-order valence-electron chi connectivity index (χ1n) is 7.25. The van der Waals surface area contributed by atoms with Gasteiger partial charge in [0.05, 0.1) is 5.52 Å². The van der Waals surface area contributed by atoms with Gasteiger partial charge in [0.15, 0.2) is 0 Å². The van der Waals surface area contributed by atoms with Crippen molar-refractivity contribution in [1.29, 1.82) is 0 Å². The number of H-pyrrole nitrogens is 1. The van der Waals surface area contributed by atoms with Gasteiger partial charge in [0, 0.05) is 23.0 Å². The van der Waals surface area contributed by atoms with E-state index < -0.39 is 0 Å². The molecule has 1 aliphatic heterocycles. The van der Waals surface area contributed by atoms with Crippen LogP contribution >= 0.6 is 22.6 Å². The van der Waals surface area contributed by atoms with Crippen molar-refractivity contribution in [3.05, 3.63) is 57.3 Å². The van der Waals surface area contributed by atoms with E-state index in [-0.39, 0.29) is 0 Å². The van der Waals surface area contributed by atoms with Crippen LogP contribution in [0.25, 0.3) is 10.9 Å². The molecule has 0 radical (unpaired) electrons. The maximum atomic E-state index is 4.40. The lowest BCUT2D eigenvalue weighted by Gasteiger charge is -2.10. The number of anilines is 1. The summed E-state index contributed by atoms with van der Waals surface area (Å²) in [5.74, 6) is 0.618. The third kappa shape index (κ3) is 1.56. The number of aromatic nitrogens is 2. The zero-order chi connectivity index (χ0) is 14.0. The molecule has 0 unspecified atom stereocenters. The van der Waals surface area contributed by atoms with Gasteiger partial charge in [0.25, 0.3) is 0 Å². The zero-order valence-electron chi connectivity index (χ0n) is 11.4. The third-order valence-electron chi connectivity index (χ3n) is 5.07. The van der Waals surface area contributed by atoms with Crippen LogP contribution in [0.1, 0.15) is 23.5 Å². The summed E-state index contributed by atoms with van der Waals surface area (Å²) in [6, 6.07) is 15.5. The standard InChI is InChI=1S/C17H14IN3/c18-16-11-6-5-10(7-15(11)20-21-16)13-8-17(13)9-19-14-4-2-1-3-12(14)17/h1-7,13,19H,8-9H2,(H,20,21)/t13-,17-/m0/s1. The predicted octanol–water partition coefficient (Wildman–Crippen LogP) is 4.02. The van der Waals surface area contributed by atoms with Crippen molar-refractivity contribution in [3.8, 4) is 0 Å². The van der Waals surface area contributed by atoms with Crippen molar-refractivity contribution in [1.82, 2.24) is 10.2 Å². The van der Waals surface area contributed by atoms with Gasteiger partial charge >= 0.3 is 0 Å². The smallest absolute Gasteiger partial charge is 0.104 e. The number of benzene rings is 2. The molecule has 3 aromatic rings. The van der Waals surface area contributed by atoms with Crippen molar-refractivity contribution in [2.45, 2.75) is 17.8 Å². The van der Waals surface area contributed by atoms with Gasteiger partial charge < -0.3 is 5.32 Å². The maximum absolute atomic E-state index is 4.40. The first-order chi connectivity index (χ1) is 10.3. The molecule has 1 saturated carbocycles. The Morgan fingerprint density at radius 3 is 3.05 bits per heavy atom. The van der Waals surface area contributed by atoms with Crippen LogP contribution in [0, 0.1) is 3.70 Å². The molecule has 0 bridgehead atoms. The van der Waals surface area contributed by atoms with E-state index in [1.807, 2.05) is 0 Å². The second-order valence-electron chi connectivity index (χ2n) is 6.13. The van der Waals surface area contributed by atoms with E-state index in [4.69, 9.17) is 0 Å². The molecule has 0 amide bonds. The van der Waals surface area contributed by atoms with Gasteiger partial charge in [-0.05, 0) is 64.3 Å². The fourth-order valence-electron chi connectivity index (χ4n) is 3.87. The maximum Gasteiger partial charge on any atom is 0.104 e. The highest BCUT2D eigenvalue weighted by molar-refractivity contribution is 14.1. The number of para-hydroxylation sites is 1. The number of halogens is 1. The number of fused-ring (bicyclic) bond motifs is 3. The summed E-state index contributed by atoms with van der Waals surface area (Å²) in [7, 11) is 0. The van der Waals surface area contributed by atoms with Crippen LogP contribution in [0.15, 0.2) is 42.5 Å². The van der Waals surface area contributed by atoms with E-state index in [2.05, 4.69) is 80.6 Å². The van der Waals surface area contributed by atoms with Crippen molar-refractivity contribution in [2.75, 3.05) is 11.9 Å². The first-order valence-corrected chi connectivity index (χ1v) is 8.33. The molecule has 2 heterocycles. The molecule has 1 aliphatic carbocycles. The molecule has 104 valence electrons. The van der Waals surface area contributed by atoms with Crippen molar-refractivity contribution < 1.29 is 0 Å². The Bertz CT molecular complexity index is 869. The number of nitrogens with one attached hydrogen (secondary N) is 2. The molecule has 1 spiro atoms. The summed E-state index contributed by atoms with van der Waals surface area (Å²) in [6.45, 7) is 1.06. The molecule has 3 nitrogen and oxygen atoms in total.